The smallest absolute Gasteiger partial charge is 0.255 e. The summed E-state index contributed by atoms with van der Waals surface area (Å²) in [5.74, 6) is -0.294. The minimum Gasteiger partial charge on any atom is -0.332 e. The number of nitrogens with zero attached hydrogens (tertiary/aromatic N) is 2. The number of ketones is 1. The van der Waals surface area contributed by atoms with Gasteiger partial charge < -0.3 is 4.90 Å². The minimum absolute atomic E-state index is 0.00851. The van der Waals surface area contributed by atoms with Gasteiger partial charge in [-0.2, -0.15) is 0 Å². The van der Waals surface area contributed by atoms with Crippen molar-refractivity contribution in [1.29, 1.82) is 0 Å². The lowest BCUT2D eigenvalue weighted by molar-refractivity contribution is 0.0731. The second-order valence-electron chi connectivity index (χ2n) is 6.82. The number of hydrogen-bond acceptors (Lipinski definition) is 3. The van der Waals surface area contributed by atoms with E-state index in [1.54, 1.807) is 60.9 Å². The van der Waals surface area contributed by atoms with Crippen molar-refractivity contribution in [2.45, 2.75) is 18.9 Å². The maximum absolute atomic E-state index is 13.4. The Kier molecular flexibility index (Phi) is 5.22. The molecule has 1 amide bonds. The lowest BCUT2D eigenvalue weighted by atomic mass is 9.97. The summed E-state index contributed by atoms with van der Waals surface area (Å²) < 4.78 is 0. The molecule has 0 saturated carbocycles. The molecule has 0 radical (unpaired) electrons. The Morgan fingerprint density at radius 2 is 1.61 bits per heavy atom. The topological polar surface area (TPSA) is 50.3 Å². The summed E-state index contributed by atoms with van der Waals surface area (Å²) >= 11 is 5.93. The van der Waals surface area contributed by atoms with Gasteiger partial charge in [-0.05, 0) is 60.9 Å². The highest BCUT2D eigenvalue weighted by Gasteiger charge is 2.32. The summed E-state index contributed by atoms with van der Waals surface area (Å²) in [6, 6.07) is 17.6. The van der Waals surface area contributed by atoms with Gasteiger partial charge in [0, 0.05) is 35.1 Å². The van der Waals surface area contributed by atoms with Gasteiger partial charge in [-0.1, -0.05) is 29.8 Å². The fourth-order valence-electron chi connectivity index (χ4n) is 3.72. The Bertz CT molecular complexity index is 1000. The zero-order valence-corrected chi connectivity index (χ0v) is 16.0. The molecule has 4 nitrogen and oxygen atoms in total. The molecular weight excluding hydrogens is 372 g/mol. The van der Waals surface area contributed by atoms with Crippen LogP contribution in [0.1, 0.15) is 50.7 Å². The molecule has 2 aromatic carbocycles. The van der Waals surface area contributed by atoms with Gasteiger partial charge in [0.2, 0.25) is 0 Å². The first kappa shape index (κ1) is 18.4. The first-order chi connectivity index (χ1) is 13.6. The molecule has 2 heterocycles. The number of aromatic nitrogens is 1. The first-order valence-electron chi connectivity index (χ1n) is 9.25. The molecule has 1 atom stereocenters. The number of halogens is 1. The van der Waals surface area contributed by atoms with Crippen LogP contribution in [-0.4, -0.2) is 28.1 Å². The number of carbonyl (C=O) groups excluding carboxylic acids is 2. The van der Waals surface area contributed by atoms with Crippen LogP contribution in [0.2, 0.25) is 5.02 Å². The fourth-order valence-corrected chi connectivity index (χ4v) is 3.85. The van der Waals surface area contributed by atoms with Gasteiger partial charge in [0.1, 0.15) is 0 Å². The molecule has 140 valence electrons. The summed E-state index contributed by atoms with van der Waals surface area (Å²) in [4.78, 5) is 32.3. The van der Waals surface area contributed by atoms with Crippen molar-refractivity contribution in [3.8, 4) is 0 Å². The van der Waals surface area contributed by atoms with E-state index >= 15 is 0 Å². The van der Waals surface area contributed by atoms with Crippen molar-refractivity contribution in [3.05, 3.63) is 100 Å². The number of pyridine rings is 1. The third-order valence-electron chi connectivity index (χ3n) is 5.11. The van der Waals surface area contributed by atoms with Crippen LogP contribution in [0.4, 0.5) is 0 Å². The van der Waals surface area contributed by atoms with Gasteiger partial charge >= 0.3 is 0 Å². The van der Waals surface area contributed by atoms with E-state index in [4.69, 9.17) is 11.6 Å². The number of benzene rings is 2. The Balaban J connectivity index is 1.67. The normalized spacial score (nSPS) is 16.2. The van der Waals surface area contributed by atoms with Gasteiger partial charge in [-0.15, -0.1) is 0 Å². The number of rotatable bonds is 4. The molecule has 1 unspecified atom stereocenters. The Morgan fingerprint density at radius 3 is 2.32 bits per heavy atom. The zero-order valence-electron chi connectivity index (χ0n) is 15.2. The van der Waals surface area contributed by atoms with E-state index in [1.165, 1.54) is 0 Å². The maximum Gasteiger partial charge on any atom is 0.255 e. The van der Waals surface area contributed by atoms with E-state index in [2.05, 4.69) is 4.98 Å². The third kappa shape index (κ3) is 3.56. The average Bonchev–Trinajstić information content (AvgIpc) is 3.24. The van der Waals surface area contributed by atoms with Crippen LogP contribution in [0.3, 0.4) is 0 Å². The average molecular weight is 391 g/mol. The number of carbonyl (C=O) groups is 2. The van der Waals surface area contributed by atoms with Crippen LogP contribution < -0.4 is 0 Å². The largest absolute Gasteiger partial charge is 0.332 e. The predicted octanol–water partition coefficient (Wildman–Crippen LogP) is 4.94. The van der Waals surface area contributed by atoms with Gasteiger partial charge in [0.15, 0.2) is 5.78 Å². The van der Waals surface area contributed by atoms with E-state index in [1.807, 2.05) is 17.0 Å². The molecule has 0 aliphatic carbocycles. The second-order valence-corrected chi connectivity index (χ2v) is 7.26. The number of amides is 1. The molecule has 0 bridgehead atoms. The highest BCUT2D eigenvalue weighted by Crippen LogP contribution is 2.33. The van der Waals surface area contributed by atoms with E-state index in [9.17, 15) is 9.59 Å². The molecule has 1 fully saturated rings. The van der Waals surface area contributed by atoms with Crippen LogP contribution in [0.25, 0.3) is 0 Å². The van der Waals surface area contributed by atoms with E-state index in [0.717, 1.165) is 18.4 Å². The molecule has 28 heavy (non-hydrogen) atoms. The monoisotopic (exact) mass is 390 g/mol. The molecule has 4 rings (SSSR count). The van der Waals surface area contributed by atoms with E-state index in [0.29, 0.717) is 28.3 Å². The molecule has 0 N–H and O–H groups in total. The van der Waals surface area contributed by atoms with E-state index < -0.39 is 0 Å². The molecule has 0 spiro atoms. The summed E-state index contributed by atoms with van der Waals surface area (Å²) in [5, 5.41) is 0.568. The standard InChI is InChI=1S/C23H19ClN2O2/c24-18-9-7-17(8-10-18)22(27)19-4-1-2-5-20(19)23(28)26-15-3-6-21(26)16-11-13-25-14-12-16/h1-2,4-5,7-14,21H,3,6,15H2. The van der Waals surface area contributed by atoms with Crippen molar-refractivity contribution in [3.63, 3.8) is 0 Å². The van der Waals surface area contributed by atoms with Gasteiger partial charge in [0.05, 0.1) is 11.6 Å². The molecule has 1 saturated heterocycles. The zero-order chi connectivity index (χ0) is 19.5. The van der Waals surface area contributed by atoms with Gasteiger partial charge in [-0.25, -0.2) is 0 Å². The Labute approximate surface area is 168 Å². The maximum atomic E-state index is 13.4. The van der Waals surface area contributed by atoms with Crippen LogP contribution in [0, 0.1) is 0 Å². The first-order valence-corrected chi connectivity index (χ1v) is 9.63. The number of hydrogen-bond donors (Lipinski definition) is 0. The molecule has 1 aliphatic heterocycles. The molecule has 5 heteroatoms. The summed E-state index contributed by atoms with van der Waals surface area (Å²) in [6.45, 7) is 0.676. The van der Waals surface area contributed by atoms with Crippen molar-refractivity contribution >= 4 is 23.3 Å². The van der Waals surface area contributed by atoms with Gasteiger partial charge in [-0.3, -0.25) is 14.6 Å². The molecular formula is C23H19ClN2O2. The Hall–Kier alpha value is -2.98. The Morgan fingerprint density at radius 1 is 0.929 bits per heavy atom. The third-order valence-corrected chi connectivity index (χ3v) is 5.37. The SMILES string of the molecule is O=C(c1ccc(Cl)cc1)c1ccccc1C(=O)N1CCCC1c1ccncc1. The van der Waals surface area contributed by atoms with Crippen LogP contribution in [0.15, 0.2) is 73.1 Å². The van der Waals surface area contributed by atoms with Crippen LogP contribution >= 0.6 is 11.6 Å². The lowest BCUT2D eigenvalue weighted by Gasteiger charge is -2.26. The van der Waals surface area contributed by atoms with Gasteiger partial charge in [0.25, 0.3) is 5.91 Å². The van der Waals surface area contributed by atoms with Crippen molar-refractivity contribution < 1.29 is 9.59 Å². The van der Waals surface area contributed by atoms with Crippen molar-refractivity contribution in [1.82, 2.24) is 9.88 Å². The summed E-state index contributed by atoms with van der Waals surface area (Å²) in [6.07, 6.45) is 5.33. The van der Waals surface area contributed by atoms with Crippen LogP contribution in [0.5, 0.6) is 0 Å². The van der Waals surface area contributed by atoms with E-state index in [-0.39, 0.29) is 17.7 Å². The molecule has 3 aromatic rings. The second kappa shape index (κ2) is 7.95. The summed E-state index contributed by atoms with van der Waals surface area (Å²) in [7, 11) is 0. The van der Waals surface area contributed by atoms with Crippen molar-refractivity contribution in [2.24, 2.45) is 0 Å². The van der Waals surface area contributed by atoms with Crippen LogP contribution in [-0.2, 0) is 0 Å². The summed E-state index contributed by atoms with van der Waals surface area (Å²) in [5.41, 5.74) is 2.43. The van der Waals surface area contributed by atoms with Crippen molar-refractivity contribution in [2.75, 3.05) is 6.54 Å². The molecule has 1 aromatic heterocycles. The quantitative estimate of drug-likeness (QED) is 0.592. The lowest BCUT2D eigenvalue weighted by Crippen LogP contribution is -2.31. The predicted molar refractivity (Wildman–Crippen MR) is 109 cm³/mol. The highest BCUT2D eigenvalue weighted by atomic mass is 35.5. The fraction of sp³-hybridized carbons (Fsp3) is 0.174. The minimum atomic E-state index is -0.180. The molecule has 1 aliphatic rings. The number of likely N-dealkylation sites (tertiary alicyclic amines) is 1. The highest BCUT2D eigenvalue weighted by molar-refractivity contribution is 6.30.